The highest BCUT2D eigenvalue weighted by Gasteiger charge is 2.19. The Morgan fingerprint density at radius 3 is 2.80 bits per heavy atom. The topological polar surface area (TPSA) is 60.2 Å². The Morgan fingerprint density at radius 1 is 1.28 bits per heavy atom. The van der Waals surface area contributed by atoms with Crippen LogP contribution in [-0.2, 0) is 0 Å². The van der Waals surface area contributed by atoms with Gasteiger partial charge in [0.2, 0.25) is 0 Å². The van der Waals surface area contributed by atoms with Gasteiger partial charge in [0.1, 0.15) is 6.07 Å². The number of benzene rings is 2. The molecule has 0 amide bonds. The second kappa shape index (κ2) is 6.70. The molecular weight excluding hydrogens is 423 g/mol. The van der Waals surface area contributed by atoms with Crippen molar-refractivity contribution in [3.63, 3.8) is 0 Å². The lowest BCUT2D eigenvalue weighted by Gasteiger charge is -2.29. The highest BCUT2D eigenvalue weighted by Crippen LogP contribution is 2.25. The van der Waals surface area contributed by atoms with E-state index in [1.165, 1.54) is 5.22 Å². The van der Waals surface area contributed by atoms with Crippen LogP contribution in [0.4, 0.5) is 5.69 Å². The fraction of sp³-hybridized carbons (Fsp3) is 0.250. The summed E-state index contributed by atoms with van der Waals surface area (Å²) in [5, 5.41) is 18.6. The van der Waals surface area contributed by atoms with Crippen molar-refractivity contribution in [3.05, 3.63) is 50.0 Å². The first-order valence-corrected chi connectivity index (χ1v) is 10.9. The van der Waals surface area contributed by atoms with Crippen LogP contribution in [0.15, 0.2) is 35.3 Å². The molecule has 0 saturated carbocycles. The van der Waals surface area contributed by atoms with E-state index in [0.717, 1.165) is 44.4 Å². The van der Waals surface area contributed by atoms with Gasteiger partial charge < -0.3 is 10.6 Å². The molecule has 0 bridgehead atoms. The van der Waals surface area contributed by atoms with Crippen molar-refractivity contribution in [1.82, 2.24) is 5.32 Å². The summed E-state index contributed by atoms with van der Waals surface area (Å²) in [4.78, 5) is 4.76. The summed E-state index contributed by atoms with van der Waals surface area (Å²) in [6.07, 6.45) is 2.20. The Hall–Kier alpha value is -2.04. The molecule has 4 rings (SSSR count). The van der Waals surface area contributed by atoms with Crippen LogP contribution in [0.5, 0.6) is 0 Å². The standard InChI is InChI=1S/C20H19IN4/c1-12-5-15-7-14(13-3-4-18(21-2)16(6-13)9-22)8-19(20(15)24-12)25-17-10-23-11-17/h3-8,12,17,23,25H,2,10-11H2,1H3. The molecule has 1 atom stereocenters. The molecule has 5 heteroatoms. The van der Waals surface area contributed by atoms with Crippen molar-refractivity contribution in [2.45, 2.75) is 19.0 Å². The molecular formula is C20H19IN4. The maximum Gasteiger partial charge on any atom is 0.100 e. The summed E-state index contributed by atoms with van der Waals surface area (Å²) in [6.45, 7) is 4.08. The van der Waals surface area contributed by atoms with Crippen LogP contribution in [0.2, 0.25) is 0 Å². The molecule has 2 aliphatic heterocycles. The first kappa shape index (κ1) is 16.4. The van der Waals surface area contributed by atoms with Crippen LogP contribution >= 0.6 is 20.7 Å². The minimum absolute atomic E-state index is 0.207. The van der Waals surface area contributed by atoms with Crippen molar-refractivity contribution < 1.29 is 0 Å². The lowest BCUT2D eigenvalue weighted by atomic mass is 10.0. The van der Waals surface area contributed by atoms with E-state index in [1.807, 2.05) is 6.07 Å². The second-order valence-electron chi connectivity index (χ2n) is 6.44. The quantitative estimate of drug-likeness (QED) is 0.713. The number of anilines is 1. The van der Waals surface area contributed by atoms with Crippen molar-refractivity contribution >= 4 is 37.0 Å². The summed E-state index contributed by atoms with van der Waals surface area (Å²) in [5.74, 6) is 0. The molecule has 2 aliphatic rings. The zero-order chi connectivity index (χ0) is 17.4. The first-order valence-electron chi connectivity index (χ1n) is 8.32. The molecule has 0 aromatic heterocycles. The van der Waals surface area contributed by atoms with E-state index in [-0.39, 0.29) is 26.8 Å². The molecule has 126 valence electrons. The minimum Gasteiger partial charge on any atom is -0.378 e. The third kappa shape index (κ3) is 3.12. The highest BCUT2D eigenvalue weighted by atomic mass is 127. The van der Waals surface area contributed by atoms with E-state index in [4.69, 9.17) is 4.99 Å². The summed E-state index contributed by atoms with van der Waals surface area (Å²) < 4.78 is 5.11. The van der Waals surface area contributed by atoms with Crippen LogP contribution < -0.4 is 21.2 Å². The number of hydrogen-bond acceptors (Lipinski definition) is 4. The normalized spacial score (nSPS) is 18.5. The number of halogens is 1. The minimum atomic E-state index is -0.339. The molecule has 1 unspecified atom stereocenters. The van der Waals surface area contributed by atoms with E-state index in [2.05, 4.69) is 58.5 Å². The SMILES string of the molecule is C=Ic1ccc(-c2cc(NC3CNC3)c3c(c2)=CC(C)N=3)cc1C#N. The van der Waals surface area contributed by atoms with E-state index in [1.54, 1.807) is 0 Å². The Morgan fingerprint density at radius 2 is 2.12 bits per heavy atom. The molecule has 0 aliphatic carbocycles. The van der Waals surface area contributed by atoms with E-state index in [0.29, 0.717) is 6.04 Å². The van der Waals surface area contributed by atoms with Crippen LogP contribution in [-0.4, -0.2) is 29.7 Å². The van der Waals surface area contributed by atoms with Gasteiger partial charge in [-0.1, -0.05) is 37.4 Å². The van der Waals surface area contributed by atoms with Gasteiger partial charge in [0.15, 0.2) is 0 Å². The maximum atomic E-state index is 9.42. The van der Waals surface area contributed by atoms with E-state index < -0.39 is 0 Å². The third-order valence-electron chi connectivity index (χ3n) is 4.60. The molecule has 2 aromatic rings. The lowest BCUT2D eigenvalue weighted by Crippen LogP contribution is -2.52. The predicted octanol–water partition coefficient (Wildman–Crippen LogP) is 1.98. The number of nitrogens with zero attached hydrogens (tertiary/aromatic N) is 2. The molecule has 2 aromatic carbocycles. The molecule has 2 heterocycles. The monoisotopic (exact) mass is 442 g/mol. The molecule has 1 fully saturated rings. The first-order chi connectivity index (χ1) is 12.2. The second-order valence-corrected chi connectivity index (χ2v) is 8.36. The van der Waals surface area contributed by atoms with E-state index >= 15 is 0 Å². The van der Waals surface area contributed by atoms with Crippen LogP contribution in [0.3, 0.4) is 0 Å². The molecule has 0 spiro atoms. The smallest absolute Gasteiger partial charge is 0.100 e. The van der Waals surface area contributed by atoms with Gasteiger partial charge >= 0.3 is 0 Å². The van der Waals surface area contributed by atoms with Gasteiger partial charge in [-0.25, -0.2) is 0 Å². The number of rotatable bonds is 4. The summed E-state index contributed by atoms with van der Waals surface area (Å²) >= 11 is -0.339. The average Bonchev–Trinajstić information content (AvgIpc) is 2.97. The van der Waals surface area contributed by atoms with Gasteiger partial charge in [-0.15, -0.1) is 0 Å². The van der Waals surface area contributed by atoms with Crippen molar-refractivity contribution in [2.75, 3.05) is 18.4 Å². The van der Waals surface area contributed by atoms with Gasteiger partial charge in [0, 0.05) is 21.9 Å². The van der Waals surface area contributed by atoms with Crippen molar-refractivity contribution in [2.24, 2.45) is 4.99 Å². The highest BCUT2D eigenvalue weighted by molar-refractivity contribution is 14.2. The molecule has 2 N–H and O–H groups in total. The van der Waals surface area contributed by atoms with Crippen molar-refractivity contribution in [1.29, 1.82) is 5.26 Å². The van der Waals surface area contributed by atoms with Crippen LogP contribution in [0.25, 0.3) is 17.2 Å². The fourth-order valence-corrected chi connectivity index (χ4v) is 4.34. The molecule has 25 heavy (non-hydrogen) atoms. The van der Waals surface area contributed by atoms with Crippen molar-refractivity contribution in [3.8, 4) is 17.2 Å². The molecule has 4 nitrogen and oxygen atoms in total. The Balaban J connectivity index is 1.84. The maximum absolute atomic E-state index is 9.42. The number of nitrogens with one attached hydrogen (secondary N) is 2. The Kier molecular flexibility index (Phi) is 4.40. The van der Waals surface area contributed by atoms with Gasteiger partial charge in [-0.05, 0) is 42.3 Å². The zero-order valence-corrected chi connectivity index (χ0v) is 16.2. The Bertz CT molecular complexity index is 1020. The number of hydrogen-bond donors (Lipinski definition) is 2. The zero-order valence-electron chi connectivity index (χ0n) is 14.0. The van der Waals surface area contributed by atoms with Gasteiger partial charge in [-0.2, -0.15) is 5.26 Å². The summed E-state index contributed by atoms with van der Waals surface area (Å²) in [5.41, 5.74) is 4.04. The lowest BCUT2D eigenvalue weighted by molar-refractivity contribution is 0.472. The fourth-order valence-electron chi connectivity index (χ4n) is 3.22. The number of fused-ring (bicyclic) bond motifs is 1. The number of nitriles is 1. The van der Waals surface area contributed by atoms with Gasteiger partial charge in [0.25, 0.3) is 0 Å². The summed E-state index contributed by atoms with van der Waals surface area (Å²) in [6, 6.07) is 13.5. The van der Waals surface area contributed by atoms with Gasteiger partial charge in [0.05, 0.1) is 28.7 Å². The Labute approximate surface area is 157 Å². The molecule has 0 radical (unpaired) electrons. The molecule has 1 saturated heterocycles. The third-order valence-corrected chi connectivity index (χ3v) is 6.36. The average molecular weight is 442 g/mol. The summed E-state index contributed by atoms with van der Waals surface area (Å²) in [7, 11) is 0. The van der Waals surface area contributed by atoms with Crippen LogP contribution in [0, 0.1) is 14.9 Å². The van der Waals surface area contributed by atoms with Gasteiger partial charge in [-0.3, -0.25) is 4.99 Å². The van der Waals surface area contributed by atoms with E-state index in [9.17, 15) is 5.26 Å². The largest absolute Gasteiger partial charge is 0.378 e. The van der Waals surface area contributed by atoms with Crippen LogP contribution in [0.1, 0.15) is 12.5 Å². The predicted molar refractivity (Wildman–Crippen MR) is 111 cm³/mol.